The van der Waals surface area contributed by atoms with Crippen LogP contribution in [0.4, 0.5) is 0 Å². The zero-order chi connectivity index (χ0) is 15.4. The largest absolute Gasteiger partial charge is 0.302 e. The van der Waals surface area contributed by atoms with Crippen molar-refractivity contribution in [1.29, 1.82) is 5.26 Å². The molecule has 0 aliphatic rings. The molecular formula is C19H19N3. The number of aryl methyl sites for hydroxylation is 3. The first-order valence-electron chi connectivity index (χ1n) is 7.65. The number of rotatable bonds is 5. The van der Waals surface area contributed by atoms with Crippen LogP contribution in [0.2, 0.25) is 0 Å². The summed E-state index contributed by atoms with van der Waals surface area (Å²) in [5, 5.41) is 8.97. The van der Waals surface area contributed by atoms with Gasteiger partial charge in [-0.15, -0.1) is 0 Å². The number of imidazole rings is 1. The van der Waals surface area contributed by atoms with Crippen LogP contribution < -0.4 is 0 Å². The van der Waals surface area contributed by atoms with Gasteiger partial charge in [0.2, 0.25) is 0 Å². The molecule has 22 heavy (non-hydrogen) atoms. The third-order valence-electron chi connectivity index (χ3n) is 4.00. The normalized spacial score (nSPS) is 10.7. The van der Waals surface area contributed by atoms with Gasteiger partial charge in [0, 0.05) is 6.20 Å². The first-order chi connectivity index (χ1) is 10.8. The first-order valence-corrected chi connectivity index (χ1v) is 7.65. The SMILES string of the molecule is Cc1nc2ccc(CCCc3ccccc3)cn2c1CC#N. The number of hydrogen-bond acceptors (Lipinski definition) is 2. The monoisotopic (exact) mass is 289 g/mol. The van der Waals surface area contributed by atoms with Crippen molar-refractivity contribution in [1.82, 2.24) is 9.38 Å². The summed E-state index contributed by atoms with van der Waals surface area (Å²) in [5.74, 6) is 0. The van der Waals surface area contributed by atoms with Gasteiger partial charge in [0.1, 0.15) is 5.65 Å². The topological polar surface area (TPSA) is 41.1 Å². The van der Waals surface area contributed by atoms with Gasteiger partial charge in [-0.25, -0.2) is 4.98 Å². The molecule has 3 heteroatoms. The van der Waals surface area contributed by atoms with Gasteiger partial charge in [-0.2, -0.15) is 5.26 Å². The summed E-state index contributed by atoms with van der Waals surface area (Å²) in [6.07, 6.45) is 5.78. The fourth-order valence-corrected chi connectivity index (χ4v) is 2.83. The molecule has 3 aromatic rings. The van der Waals surface area contributed by atoms with Gasteiger partial charge in [-0.05, 0) is 43.4 Å². The van der Waals surface area contributed by atoms with Crippen molar-refractivity contribution in [2.75, 3.05) is 0 Å². The van der Waals surface area contributed by atoms with E-state index in [0.717, 1.165) is 36.3 Å². The molecule has 0 aliphatic carbocycles. The van der Waals surface area contributed by atoms with Crippen LogP contribution in [0.15, 0.2) is 48.7 Å². The van der Waals surface area contributed by atoms with Gasteiger partial charge in [-0.1, -0.05) is 36.4 Å². The predicted molar refractivity (Wildman–Crippen MR) is 87.7 cm³/mol. The Morgan fingerprint density at radius 1 is 1.05 bits per heavy atom. The fraction of sp³-hybridized carbons (Fsp3) is 0.263. The van der Waals surface area contributed by atoms with Crippen molar-refractivity contribution in [2.45, 2.75) is 32.6 Å². The molecule has 3 nitrogen and oxygen atoms in total. The van der Waals surface area contributed by atoms with Gasteiger partial charge in [0.15, 0.2) is 0 Å². The van der Waals surface area contributed by atoms with E-state index in [0.29, 0.717) is 6.42 Å². The summed E-state index contributed by atoms with van der Waals surface area (Å²) in [6, 6.07) is 17.0. The number of fused-ring (bicyclic) bond motifs is 1. The molecule has 0 amide bonds. The number of nitriles is 1. The lowest BCUT2D eigenvalue weighted by Gasteiger charge is -2.05. The van der Waals surface area contributed by atoms with E-state index in [-0.39, 0.29) is 0 Å². The van der Waals surface area contributed by atoms with Crippen LogP contribution in [0, 0.1) is 18.3 Å². The summed E-state index contributed by atoms with van der Waals surface area (Å²) < 4.78 is 2.07. The first kappa shape index (κ1) is 14.3. The van der Waals surface area contributed by atoms with E-state index >= 15 is 0 Å². The molecule has 110 valence electrons. The maximum absolute atomic E-state index is 8.97. The number of nitrogens with zero attached hydrogens (tertiary/aromatic N) is 3. The van der Waals surface area contributed by atoms with Crippen molar-refractivity contribution in [3.63, 3.8) is 0 Å². The average molecular weight is 289 g/mol. The Morgan fingerprint density at radius 3 is 2.59 bits per heavy atom. The van der Waals surface area contributed by atoms with Gasteiger partial charge in [-0.3, -0.25) is 0 Å². The minimum atomic E-state index is 0.403. The second-order valence-corrected chi connectivity index (χ2v) is 5.58. The van der Waals surface area contributed by atoms with Crippen LogP contribution in [0.3, 0.4) is 0 Å². The molecular weight excluding hydrogens is 270 g/mol. The maximum atomic E-state index is 8.97. The minimum absolute atomic E-state index is 0.403. The highest BCUT2D eigenvalue weighted by Crippen LogP contribution is 2.15. The molecule has 0 aliphatic heterocycles. The molecule has 2 aromatic heterocycles. The summed E-state index contributed by atoms with van der Waals surface area (Å²) in [4.78, 5) is 4.51. The van der Waals surface area contributed by atoms with Crippen LogP contribution >= 0.6 is 0 Å². The maximum Gasteiger partial charge on any atom is 0.137 e. The zero-order valence-corrected chi connectivity index (χ0v) is 12.8. The third-order valence-corrected chi connectivity index (χ3v) is 4.00. The van der Waals surface area contributed by atoms with Crippen molar-refractivity contribution in [3.8, 4) is 6.07 Å². The molecule has 3 rings (SSSR count). The van der Waals surface area contributed by atoms with E-state index in [1.165, 1.54) is 11.1 Å². The Hall–Kier alpha value is -2.60. The number of hydrogen-bond donors (Lipinski definition) is 0. The Bertz CT molecular complexity index is 810. The van der Waals surface area contributed by atoms with Crippen LogP contribution in [-0.4, -0.2) is 9.38 Å². The lowest BCUT2D eigenvalue weighted by molar-refractivity contribution is 0.813. The van der Waals surface area contributed by atoms with E-state index in [1.807, 2.05) is 13.0 Å². The molecule has 0 fully saturated rings. The molecule has 0 bridgehead atoms. The van der Waals surface area contributed by atoms with E-state index < -0.39 is 0 Å². The standard InChI is InChI=1S/C19H19N3/c1-15-18(12-13-20)22-14-17(10-11-19(22)21-15)9-5-8-16-6-3-2-4-7-16/h2-4,6-7,10-11,14H,5,8-9,12H2,1H3. The van der Waals surface area contributed by atoms with E-state index in [9.17, 15) is 0 Å². The number of pyridine rings is 1. The highest BCUT2D eigenvalue weighted by Gasteiger charge is 2.08. The molecule has 0 radical (unpaired) electrons. The second kappa shape index (κ2) is 6.44. The third kappa shape index (κ3) is 3.01. The van der Waals surface area contributed by atoms with E-state index in [2.05, 4.69) is 58.0 Å². The molecule has 0 spiro atoms. The Morgan fingerprint density at radius 2 is 1.82 bits per heavy atom. The zero-order valence-electron chi connectivity index (χ0n) is 12.8. The van der Waals surface area contributed by atoms with Gasteiger partial charge >= 0.3 is 0 Å². The lowest BCUT2D eigenvalue weighted by atomic mass is 10.1. The molecule has 2 heterocycles. The fourth-order valence-electron chi connectivity index (χ4n) is 2.83. The average Bonchev–Trinajstić information content (AvgIpc) is 2.85. The number of benzene rings is 1. The molecule has 0 unspecified atom stereocenters. The van der Waals surface area contributed by atoms with Crippen molar-refractivity contribution in [3.05, 3.63) is 71.2 Å². The van der Waals surface area contributed by atoms with Gasteiger partial charge in [0.05, 0.1) is 23.9 Å². The molecule has 0 atom stereocenters. The van der Waals surface area contributed by atoms with E-state index in [4.69, 9.17) is 5.26 Å². The Labute approximate surface area is 130 Å². The lowest BCUT2D eigenvalue weighted by Crippen LogP contribution is -1.97. The van der Waals surface area contributed by atoms with Crippen LogP contribution in [0.25, 0.3) is 5.65 Å². The predicted octanol–water partition coefficient (Wildman–Crippen LogP) is 3.88. The Balaban J connectivity index is 1.74. The number of aromatic nitrogens is 2. The van der Waals surface area contributed by atoms with Crippen molar-refractivity contribution in [2.24, 2.45) is 0 Å². The van der Waals surface area contributed by atoms with Crippen LogP contribution in [0.5, 0.6) is 0 Å². The van der Waals surface area contributed by atoms with Crippen molar-refractivity contribution >= 4 is 5.65 Å². The summed E-state index contributed by atoms with van der Waals surface area (Å²) >= 11 is 0. The van der Waals surface area contributed by atoms with Gasteiger partial charge < -0.3 is 4.40 Å². The molecule has 0 saturated carbocycles. The second-order valence-electron chi connectivity index (χ2n) is 5.58. The smallest absolute Gasteiger partial charge is 0.137 e. The minimum Gasteiger partial charge on any atom is -0.302 e. The van der Waals surface area contributed by atoms with Gasteiger partial charge in [0.25, 0.3) is 0 Å². The van der Waals surface area contributed by atoms with Crippen LogP contribution in [0.1, 0.15) is 28.9 Å². The van der Waals surface area contributed by atoms with Crippen LogP contribution in [-0.2, 0) is 19.3 Å². The van der Waals surface area contributed by atoms with E-state index in [1.54, 1.807) is 0 Å². The summed E-state index contributed by atoms with van der Waals surface area (Å²) in [6.45, 7) is 1.97. The molecule has 1 aromatic carbocycles. The van der Waals surface area contributed by atoms with Crippen molar-refractivity contribution < 1.29 is 0 Å². The molecule has 0 saturated heterocycles. The highest BCUT2D eigenvalue weighted by atomic mass is 15.0. The Kier molecular flexibility index (Phi) is 4.20. The summed E-state index contributed by atoms with van der Waals surface area (Å²) in [5.41, 5.74) is 5.55. The quantitative estimate of drug-likeness (QED) is 0.715. The highest BCUT2D eigenvalue weighted by molar-refractivity contribution is 5.45. The summed E-state index contributed by atoms with van der Waals surface area (Å²) in [7, 11) is 0. The molecule has 0 N–H and O–H groups in total.